The fourth-order valence-electron chi connectivity index (χ4n) is 1.68. The van der Waals surface area contributed by atoms with Crippen molar-refractivity contribution in [2.24, 2.45) is 10.8 Å². The molecule has 2 aromatic carbocycles. The standard InChI is InChI=1S/C14H14BrN3/c1-10-7-11(9-12(15)8-10)14(18-16)17-13-5-3-2-4-6-13/h2-9H,16H2,1H3,(H,17,18). The van der Waals surface area contributed by atoms with E-state index in [0.29, 0.717) is 5.84 Å². The van der Waals surface area contributed by atoms with Crippen LogP contribution in [0.4, 0.5) is 5.69 Å². The normalized spacial score (nSPS) is 11.4. The Balaban J connectivity index is 2.42. The third-order valence-corrected chi connectivity index (χ3v) is 2.91. The number of rotatable bonds is 2. The number of aryl methyl sites for hydroxylation is 1. The third-order valence-electron chi connectivity index (χ3n) is 2.45. The van der Waals surface area contributed by atoms with Gasteiger partial charge in [0.15, 0.2) is 0 Å². The molecule has 0 aliphatic carbocycles. The lowest BCUT2D eigenvalue weighted by Gasteiger charge is -2.07. The molecule has 3 nitrogen and oxygen atoms in total. The molecule has 0 atom stereocenters. The molecule has 0 aliphatic heterocycles. The minimum Gasteiger partial charge on any atom is -0.308 e. The molecule has 3 N–H and O–H groups in total. The molecule has 0 saturated carbocycles. The Kier molecular flexibility index (Phi) is 4.12. The molecule has 0 fully saturated rings. The van der Waals surface area contributed by atoms with Gasteiger partial charge in [0, 0.05) is 10.0 Å². The summed E-state index contributed by atoms with van der Waals surface area (Å²) in [6.07, 6.45) is 0. The molecular weight excluding hydrogens is 290 g/mol. The summed E-state index contributed by atoms with van der Waals surface area (Å²) in [6.45, 7) is 2.03. The van der Waals surface area contributed by atoms with Crippen LogP contribution in [0.5, 0.6) is 0 Å². The molecule has 0 heterocycles. The summed E-state index contributed by atoms with van der Waals surface area (Å²) in [5.41, 5.74) is 5.61. The lowest BCUT2D eigenvalue weighted by Crippen LogP contribution is -2.30. The second-order valence-corrected chi connectivity index (χ2v) is 4.87. The van der Waals surface area contributed by atoms with E-state index in [9.17, 15) is 0 Å². The maximum Gasteiger partial charge on any atom is 0.147 e. The number of halogens is 1. The van der Waals surface area contributed by atoms with Crippen molar-refractivity contribution in [3.8, 4) is 0 Å². The molecule has 92 valence electrons. The van der Waals surface area contributed by atoms with Crippen molar-refractivity contribution in [1.29, 1.82) is 0 Å². The second-order valence-electron chi connectivity index (χ2n) is 3.96. The van der Waals surface area contributed by atoms with E-state index in [1.807, 2.05) is 55.5 Å². The van der Waals surface area contributed by atoms with E-state index in [1.165, 1.54) is 0 Å². The highest BCUT2D eigenvalue weighted by Gasteiger charge is 2.04. The van der Waals surface area contributed by atoms with E-state index in [4.69, 9.17) is 5.84 Å². The minimum absolute atomic E-state index is 0.644. The molecule has 0 bridgehead atoms. The van der Waals surface area contributed by atoms with Crippen molar-refractivity contribution in [2.45, 2.75) is 6.92 Å². The van der Waals surface area contributed by atoms with Crippen LogP contribution in [0.3, 0.4) is 0 Å². The Morgan fingerprint density at radius 1 is 1.17 bits per heavy atom. The van der Waals surface area contributed by atoms with Crippen LogP contribution >= 0.6 is 15.9 Å². The highest BCUT2D eigenvalue weighted by atomic mass is 79.9. The second kappa shape index (κ2) is 5.80. The highest BCUT2D eigenvalue weighted by Crippen LogP contribution is 2.17. The van der Waals surface area contributed by atoms with Crippen LogP contribution in [0, 0.1) is 6.92 Å². The Labute approximate surface area is 115 Å². The first-order chi connectivity index (χ1) is 8.69. The number of para-hydroxylation sites is 1. The van der Waals surface area contributed by atoms with Crippen molar-refractivity contribution in [2.75, 3.05) is 0 Å². The quantitative estimate of drug-likeness (QED) is 0.387. The summed E-state index contributed by atoms with van der Waals surface area (Å²) in [6, 6.07) is 15.8. The molecule has 2 rings (SSSR count). The Morgan fingerprint density at radius 3 is 2.50 bits per heavy atom. The van der Waals surface area contributed by atoms with Crippen molar-refractivity contribution < 1.29 is 0 Å². The first kappa shape index (κ1) is 12.8. The predicted molar refractivity (Wildman–Crippen MR) is 78.8 cm³/mol. The molecule has 0 amide bonds. The maximum atomic E-state index is 5.56. The van der Waals surface area contributed by atoms with E-state index >= 15 is 0 Å². The van der Waals surface area contributed by atoms with Crippen molar-refractivity contribution in [1.82, 2.24) is 5.43 Å². The van der Waals surface area contributed by atoms with Gasteiger partial charge in [0.2, 0.25) is 0 Å². The zero-order valence-corrected chi connectivity index (χ0v) is 11.6. The average Bonchev–Trinajstić information content (AvgIpc) is 2.36. The zero-order chi connectivity index (χ0) is 13.0. The van der Waals surface area contributed by atoms with Gasteiger partial charge in [-0.1, -0.05) is 34.1 Å². The van der Waals surface area contributed by atoms with E-state index in [2.05, 4.69) is 26.3 Å². The summed E-state index contributed by atoms with van der Waals surface area (Å²) in [7, 11) is 0. The summed E-state index contributed by atoms with van der Waals surface area (Å²) in [5, 5.41) is 0. The monoisotopic (exact) mass is 303 g/mol. The molecule has 0 spiro atoms. The van der Waals surface area contributed by atoms with Gasteiger partial charge >= 0.3 is 0 Å². The minimum atomic E-state index is 0.644. The van der Waals surface area contributed by atoms with Gasteiger partial charge in [-0.05, 0) is 42.8 Å². The Bertz CT molecular complexity index is 544. The van der Waals surface area contributed by atoms with E-state index in [0.717, 1.165) is 21.3 Å². The van der Waals surface area contributed by atoms with Gasteiger partial charge in [-0.15, -0.1) is 0 Å². The topological polar surface area (TPSA) is 50.4 Å². The van der Waals surface area contributed by atoms with Crippen LogP contribution in [-0.4, -0.2) is 5.84 Å². The number of nitrogens with one attached hydrogen (secondary N) is 1. The molecule has 0 radical (unpaired) electrons. The first-order valence-corrected chi connectivity index (χ1v) is 6.36. The molecule has 0 aliphatic rings. The molecule has 0 unspecified atom stereocenters. The van der Waals surface area contributed by atoms with Crippen molar-refractivity contribution in [3.63, 3.8) is 0 Å². The van der Waals surface area contributed by atoms with Crippen LogP contribution in [-0.2, 0) is 0 Å². The van der Waals surface area contributed by atoms with Crippen LogP contribution in [0.25, 0.3) is 0 Å². The number of amidine groups is 1. The Hall–Kier alpha value is -1.65. The van der Waals surface area contributed by atoms with Crippen LogP contribution < -0.4 is 11.3 Å². The van der Waals surface area contributed by atoms with E-state index in [1.54, 1.807) is 0 Å². The third kappa shape index (κ3) is 3.18. The summed E-state index contributed by atoms with van der Waals surface area (Å²) in [4.78, 5) is 4.49. The van der Waals surface area contributed by atoms with Gasteiger partial charge in [0.1, 0.15) is 5.84 Å². The fourth-order valence-corrected chi connectivity index (χ4v) is 2.29. The number of hydrogen-bond donors (Lipinski definition) is 2. The number of benzene rings is 2. The van der Waals surface area contributed by atoms with Crippen LogP contribution in [0.15, 0.2) is 58.0 Å². The number of nitrogens with two attached hydrogens (primary N) is 1. The number of nitrogens with zero attached hydrogens (tertiary/aromatic N) is 1. The summed E-state index contributed by atoms with van der Waals surface area (Å²) >= 11 is 3.47. The van der Waals surface area contributed by atoms with Gasteiger partial charge in [-0.2, -0.15) is 0 Å². The molecule has 0 aromatic heterocycles. The van der Waals surface area contributed by atoms with Gasteiger partial charge in [0.05, 0.1) is 5.69 Å². The number of hydrogen-bond acceptors (Lipinski definition) is 2. The van der Waals surface area contributed by atoms with Gasteiger partial charge < -0.3 is 5.43 Å². The zero-order valence-electron chi connectivity index (χ0n) is 10.0. The SMILES string of the molecule is Cc1cc(Br)cc(C(=Nc2ccccc2)NN)c1. The fraction of sp³-hybridized carbons (Fsp3) is 0.0714. The molecule has 4 heteroatoms. The summed E-state index contributed by atoms with van der Waals surface area (Å²) < 4.78 is 1.01. The maximum absolute atomic E-state index is 5.56. The van der Waals surface area contributed by atoms with Crippen molar-refractivity contribution >= 4 is 27.5 Å². The Morgan fingerprint density at radius 2 is 1.89 bits per heavy atom. The summed E-state index contributed by atoms with van der Waals surface area (Å²) in [5.74, 6) is 6.20. The van der Waals surface area contributed by atoms with Crippen LogP contribution in [0.1, 0.15) is 11.1 Å². The molecule has 0 saturated heterocycles. The average molecular weight is 304 g/mol. The lowest BCUT2D eigenvalue weighted by atomic mass is 10.1. The smallest absolute Gasteiger partial charge is 0.147 e. The van der Waals surface area contributed by atoms with Gasteiger partial charge in [-0.25, -0.2) is 10.8 Å². The molecule has 2 aromatic rings. The number of aliphatic imine (C=N–C) groups is 1. The molecular formula is C14H14BrN3. The van der Waals surface area contributed by atoms with Gasteiger partial charge in [0.25, 0.3) is 0 Å². The molecule has 18 heavy (non-hydrogen) atoms. The predicted octanol–water partition coefficient (Wildman–Crippen LogP) is 3.30. The largest absolute Gasteiger partial charge is 0.308 e. The first-order valence-electron chi connectivity index (χ1n) is 5.57. The lowest BCUT2D eigenvalue weighted by molar-refractivity contribution is 1.02. The van der Waals surface area contributed by atoms with E-state index < -0.39 is 0 Å². The number of hydrazine groups is 1. The van der Waals surface area contributed by atoms with Crippen molar-refractivity contribution in [3.05, 3.63) is 64.1 Å². The highest BCUT2D eigenvalue weighted by molar-refractivity contribution is 9.10. The van der Waals surface area contributed by atoms with Gasteiger partial charge in [-0.3, -0.25) is 0 Å². The van der Waals surface area contributed by atoms with Crippen LogP contribution in [0.2, 0.25) is 0 Å². The van der Waals surface area contributed by atoms with E-state index in [-0.39, 0.29) is 0 Å².